The van der Waals surface area contributed by atoms with Crippen LogP contribution in [-0.2, 0) is 11.2 Å². The summed E-state index contributed by atoms with van der Waals surface area (Å²) in [4.78, 5) is 11.2. The highest BCUT2D eigenvalue weighted by molar-refractivity contribution is 5.99. The van der Waals surface area contributed by atoms with E-state index in [1.165, 1.54) is 6.07 Å². The van der Waals surface area contributed by atoms with Gasteiger partial charge in [0.1, 0.15) is 11.3 Å². The van der Waals surface area contributed by atoms with Gasteiger partial charge in [-0.1, -0.05) is 13.8 Å². The highest BCUT2D eigenvalue weighted by atomic mass is 19.1. The molecule has 4 rings (SSSR count). The molecular formula is C22H21F2N3O2. The summed E-state index contributed by atoms with van der Waals surface area (Å²) < 4.78 is 31.3. The Kier molecular flexibility index (Phi) is 4.61. The van der Waals surface area contributed by atoms with E-state index in [9.17, 15) is 14.3 Å². The number of rotatable bonds is 5. The van der Waals surface area contributed by atoms with Gasteiger partial charge in [0, 0.05) is 28.6 Å². The van der Waals surface area contributed by atoms with Crippen LogP contribution in [0.5, 0.6) is 0 Å². The minimum absolute atomic E-state index is 0.00702. The molecule has 0 aliphatic rings. The molecule has 0 unspecified atom stereocenters. The maximum Gasteiger partial charge on any atom is 0.303 e. The van der Waals surface area contributed by atoms with E-state index >= 15 is 4.39 Å². The summed E-state index contributed by atoms with van der Waals surface area (Å²) in [6.45, 7) is 5.65. The van der Waals surface area contributed by atoms with Gasteiger partial charge < -0.3 is 9.67 Å². The molecule has 0 amide bonds. The number of hydrogen-bond donors (Lipinski definition) is 2. The van der Waals surface area contributed by atoms with Crippen LogP contribution in [-0.4, -0.2) is 25.8 Å². The van der Waals surface area contributed by atoms with Crippen molar-refractivity contribution in [2.45, 2.75) is 39.5 Å². The lowest BCUT2D eigenvalue weighted by molar-refractivity contribution is -0.136. The quantitative estimate of drug-likeness (QED) is 0.484. The van der Waals surface area contributed by atoms with Crippen molar-refractivity contribution < 1.29 is 18.7 Å². The zero-order valence-electron chi connectivity index (χ0n) is 16.4. The lowest BCUT2D eigenvalue weighted by atomic mass is 9.98. The molecule has 4 aromatic rings. The second-order valence-electron chi connectivity index (χ2n) is 7.60. The molecule has 0 radical (unpaired) electrons. The van der Waals surface area contributed by atoms with Gasteiger partial charge in [-0.15, -0.1) is 0 Å². The highest BCUT2D eigenvalue weighted by Gasteiger charge is 2.25. The van der Waals surface area contributed by atoms with Gasteiger partial charge in [-0.2, -0.15) is 5.10 Å². The summed E-state index contributed by atoms with van der Waals surface area (Å²) in [6, 6.07) is 6.61. The smallest absolute Gasteiger partial charge is 0.303 e. The molecular weight excluding hydrogens is 376 g/mol. The fourth-order valence-electron chi connectivity index (χ4n) is 4.03. The Morgan fingerprint density at radius 3 is 2.69 bits per heavy atom. The normalized spacial score (nSPS) is 11.8. The van der Waals surface area contributed by atoms with Gasteiger partial charge in [0.2, 0.25) is 0 Å². The van der Waals surface area contributed by atoms with Crippen molar-refractivity contribution >= 4 is 27.8 Å². The Morgan fingerprint density at radius 1 is 1.28 bits per heavy atom. The van der Waals surface area contributed by atoms with E-state index in [0.29, 0.717) is 33.1 Å². The van der Waals surface area contributed by atoms with Crippen LogP contribution >= 0.6 is 0 Å². The number of aromatic nitrogens is 3. The average molecular weight is 397 g/mol. The van der Waals surface area contributed by atoms with Gasteiger partial charge in [0.05, 0.1) is 11.7 Å². The molecule has 5 nitrogen and oxygen atoms in total. The lowest BCUT2D eigenvalue weighted by Gasteiger charge is -2.16. The summed E-state index contributed by atoms with van der Waals surface area (Å²) in [6.07, 6.45) is 1.64. The Hall–Kier alpha value is -3.22. The molecule has 0 aliphatic carbocycles. The maximum atomic E-state index is 15.5. The number of fused-ring (bicyclic) bond motifs is 2. The number of halogens is 2. The van der Waals surface area contributed by atoms with E-state index in [1.54, 1.807) is 25.3 Å². The minimum Gasteiger partial charge on any atom is -0.481 e. The van der Waals surface area contributed by atoms with Crippen molar-refractivity contribution in [2.75, 3.05) is 0 Å². The van der Waals surface area contributed by atoms with Gasteiger partial charge in [-0.3, -0.25) is 9.89 Å². The third-order valence-corrected chi connectivity index (χ3v) is 5.28. The Labute approximate surface area is 166 Å². The monoisotopic (exact) mass is 397 g/mol. The molecule has 29 heavy (non-hydrogen) atoms. The number of nitrogens with one attached hydrogen (secondary N) is 1. The number of carboxylic acid groups (broad SMARTS) is 1. The fraction of sp³-hybridized carbons (Fsp3) is 0.273. The Morgan fingerprint density at radius 2 is 2.03 bits per heavy atom. The molecule has 2 aromatic heterocycles. The zero-order valence-corrected chi connectivity index (χ0v) is 16.4. The van der Waals surface area contributed by atoms with E-state index in [0.717, 1.165) is 5.69 Å². The predicted octanol–water partition coefficient (Wildman–Crippen LogP) is 5.23. The Balaban J connectivity index is 2.14. The molecule has 2 heterocycles. The standard InChI is InChI=1S/C22H21F2N3O2/c1-11(2)22-15(5-7-18(28)29)19-17(9-13-10-25-26-21(13)20(19)24)27(22)14-4-6-16(23)12(3)8-14/h4,6,8-11H,5,7H2,1-3H3,(H,25,26)(H,28,29). The molecule has 0 saturated heterocycles. The first-order chi connectivity index (χ1) is 13.8. The number of nitrogens with zero attached hydrogens (tertiary/aromatic N) is 2. The van der Waals surface area contributed by atoms with E-state index < -0.39 is 11.8 Å². The highest BCUT2D eigenvalue weighted by Crippen LogP contribution is 2.39. The van der Waals surface area contributed by atoms with Gasteiger partial charge in [-0.05, 0) is 54.7 Å². The first kappa shape index (κ1) is 19.1. The maximum absolute atomic E-state index is 15.5. The molecule has 7 heteroatoms. The summed E-state index contributed by atoms with van der Waals surface area (Å²) in [5.74, 6) is -1.71. The topological polar surface area (TPSA) is 70.9 Å². The van der Waals surface area contributed by atoms with Crippen LogP contribution in [0.15, 0.2) is 30.5 Å². The van der Waals surface area contributed by atoms with Crippen molar-refractivity contribution in [1.29, 1.82) is 0 Å². The number of aryl methyl sites for hydroxylation is 2. The van der Waals surface area contributed by atoms with E-state index in [-0.39, 0.29) is 30.1 Å². The first-order valence-corrected chi connectivity index (χ1v) is 9.46. The van der Waals surface area contributed by atoms with Crippen LogP contribution in [0.1, 0.15) is 43.0 Å². The molecule has 2 aromatic carbocycles. The van der Waals surface area contributed by atoms with Crippen molar-refractivity contribution in [3.63, 3.8) is 0 Å². The van der Waals surface area contributed by atoms with Gasteiger partial charge in [0.25, 0.3) is 0 Å². The van der Waals surface area contributed by atoms with Crippen molar-refractivity contribution in [3.8, 4) is 5.69 Å². The molecule has 2 N–H and O–H groups in total. The summed E-state index contributed by atoms with van der Waals surface area (Å²) in [7, 11) is 0. The third-order valence-electron chi connectivity index (χ3n) is 5.28. The number of benzene rings is 2. The minimum atomic E-state index is -0.943. The second-order valence-corrected chi connectivity index (χ2v) is 7.60. The van der Waals surface area contributed by atoms with Crippen LogP contribution in [0.25, 0.3) is 27.5 Å². The second kappa shape index (κ2) is 6.99. The van der Waals surface area contributed by atoms with E-state index in [2.05, 4.69) is 10.2 Å². The molecule has 0 aliphatic heterocycles. The number of carbonyl (C=O) groups is 1. The van der Waals surface area contributed by atoms with Crippen LogP contribution in [0.2, 0.25) is 0 Å². The summed E-state index contributed by atoms with van der Waals surface area (Å²) in [5.41, 5.74) is 3.58. The molecule has 0 saturated carbocycles. The SMILES string of the molecule is Cc1cc(-n2c(C(C)C)c(CCC(=O)O)c3c(F)c4[nH]ncc4cc32)ccc1F. The number of H-pyrrole nitrogens is 1. The van der Waals surface area contributed by atoms with Crippen molar-refractivity contribution in [1.82, 2.24) is 14.8 Å². The van der Waals surface area contributed by atoms with E-state index in [4.69, 9.17) is 0 Å². The first-order valence-electron chi connectivity index (χ1n) is 9.46. The molecule has 150 valence electrons. The Bertz CT molecular complexity index is 1250. The van der Waals surface area contributed by atoms with Gasteiger partial charge in [-0.25, -0.2) is 8.78 Å². The zero-order chi connectivity index (χ0) is 20.9. The van der Waals surface area contributed by atoms with Crippen molar-refractivity contribution in [3.05, 3.63) is 58.9 Å². The fourth-order valence-corrected chi connectivity index (χ4v) is 4.03. The molecule has 0 bridgehead atoms. The van der Waals surface area contributed by atoms with Crippen LogP contribution in [0.4, 0.5) is 8.78 Å². The largest absolute Gasteiger partial charge is 0.481 e. The number of aromatic amines is 1. The van der Waals surface area contributed by atoms with Crippen LogP contribution in [0, 0.1) is 18.6 Å². The third kappa shape index (κ3) is 3.06. The molecule has 0 spiro atoms. The molecule has 0 atom stereocenters. The summed E-state index contributed by atoms with van der Waals surface area (Å²) >= 11 is 0. The van der Waals surface area contributed by atoms with Gasteiger partial charge >= 0.3 is 5.97 Å². The number of hydrogen-bond acceptors (Lipinski definition) is 2. The number of aliphatic carboxylic acids is 1. The van der Waals surface area contributed by atoms with Crippen LogP contribution < -0.4 is 0 Å². The lowest BCUT2D eigenvalue weighted by Crippen LogP contribution is -2.06. The van der Waals surface area contributed by atoms with Crippen molar-refractivity contribution in [2.24, 2.45) is 0 Å². The van der Waals surface area contributed by atoms with Gasteiger partial charge in [0.15, 0.2) is 5.82 Å². The predicted molar refractivity (Wildman–Crippen MR) is 108 cm³/mol. The summed E-state index contributed by atoms with van der Waals surface area (Å²) in [5, 5.41) is 16.8. The van der Waals surface area contributed by atoms with Crippen LogP contribution in [0.3, 0.4) is 0 Å². The van der Waals surface area contributed by atoms with E-state index in [1.807, 2.05) is 24.5 Å². The number of carboxylic acids is 1. The average Bonchev–Trinajstić information content (AvgIpc) is 3.25. The molecule has 0 fully saturated rings.